The molecule has 0 aliphatic carbocycles. The first kappa shape index (κ1) is 24.5. The number of benzene rings is 3. The number of amides is 1. The predicted molar refractivity (Wildman–Crippen MR) is 131 cm³/mol. The molecular weight excluding hydrogens is 464 g/mol. The second-order valence-electron chi connectivity index (χ2n) is 7.67. The molecule has 0 unspecified atom stereocenters. The first-order valence-corrected chi connectivity index (χ1v) is 10.9. The van der Waals surface area contributed by atoms with Gasteiger partial charge in [-0.3, -0.25) is 9.59 Å². The van der Waals surface area contributed by atoms with Gasteiger partial charge in [0.15, 0.2) is 5.82 Å². The van der Waals surface area contributed by atoms with Gasteiger partial charge >= 0.3 is 5.97 Å². The smallest absolute Gasteiger partial charge is 0.307 e. The first-order valence-electron chi connectivity index (χ1n) is 10.2. The molecule has 2 N–H and O–H groups in total. The van der Waals surface area contributed by atoms with Gasteiger partial charge in [-0.2, -0.15) is 0 Å². The lowest BCUT2D eigenvalue weighted by atomic mass is 9.98. The van der Waals surface area contributed by atoms with Gasteiger partial charge in [0.05, 0.1) is 22.2 Å². The van der Waals surface area contributed by atoms with E-state index in [4.69, 9.17) is 28.3 Å². The zero-order valence-electron chi connectivity index (χ0n) is 18.1. The lowest BCUT2D eigenvalue weighted by Gasteiger charge is -2.15. The molecule has 0 atom stereocenters. The van der Waals surface area contributed by atoms with Crippen LogP contribution in [0.15, 0.2) is 54.6 Å². The third kappa shape index (κ3) is 6.01. The SMILES string of the molecule is Cc1cc(/C=C/Cc2ccccc2)cc(C)c1C(=O)Nc1cc(CC(=O)O)c(Cl)c(Cl)c1F. The van der Waals surface area contributed by atoms with Crippen molar-refractivity contribution in [3.63, 3.8) is 0 Å². The van der Waals surface area contributed by atoms with E-state index < -0.39 is 29.1 Å². The molecule has 1 amide bonds. The monoisotopic (exact) mass is 485 g/mol. The molecule has 0 fully saturated rings. The number of halogens is 3. The van der Waals surface area contributed by atoms with Gasteiger partial charge in [0.1, 0.15) is 0 Å². The summed E-state index contributed by atoms with van der Waals surface area (Å²) in [6, 6.07) is 15.0. The number of rotatable bonds is 7. The maximum absolute atomic E-state index is 14.6. The summed E-state index contributed by atoms with van der Waals surface area (Å²) in [6.07, 6.45) is 4.38. The molecule has 0 heterocycles. The first-order chi connectivity index (χ1) is 15.7. The highest BCUT2D eigenvalue weighted by atomic mass is 35.5. The average Bonchev–Trinajstić information content (AvgIpc) is 2.75. The highest BCUT2D eigenvalue weighted by Gasteiger charge is 2.20. The Morgan fingerprint density at radius 3 is 2.27 bits per heavy atom. The number of carboxylic acids is 1. The van der Waals surface area contributed by atoms with Gasteiger partial charge in [-0.15, -0.1) is 0 Å². The summed E-state index contributed by atoms with van der Waals surface area (Å²) in [7, 11) is 0. The second kappa shape index (κ2) is 10.6. The Hall–Kier alpha value is -3.15. The van der Waals surface area contributed by atoms with Crippen molar-refractivity contribution in [2.24, 2.45) is 0 Å². The average molecular weight is 486 g/mol. The number of aryl methyl sites for hydroxylation is 2. The van der Waals surface area contributed by atoms with Gasteiger partial charge in [-0.25, -0.2) is 4.39 Å². The third-order valence-electron chi connectivity index (χ3n) is 5.10. The summed E-state index contributed by atoms with van der Waals surface area (Å²) < 4.78 is 14.6. The van der Waals surface area contributed by atoms with E-state index in [1.165, 1.54) is 11.6 Å². The van der Waals surface area contributed by atoms with E-state index in [0.29, 0.717) is 5.56 Å². The van der Waals surface area contributed by atoms with Gasteiger partial charge in [-0.05, 0) is 54.2 Å². The molecule has 7 heteroatoms. The van der Waals surface area contributed by atoms with Crippen LogP contribution in [0.5, 0.6) is 0 Å². The molecule has 3 rings (SSSR count). The number of carbonyl (C=O) groups is 2. The Morgan fingerprint density at radius 2 is 1.67 bits per heavy atom. The Bertz CT molecular complexity index is 1220. The van der Waals surface area contributed by atoms with E-state index in [9.17, 15) is 14.0 Å². The number of hydrogen-bond donors (Lipinski definition) is 2. The summed E-state index contributed by atoms with van der Waals surface area (Å²) >= 11 is 11.9. The zero-order valence-corrected chi connectivity index (χ0v) is 19.6. The maximum Gasteiger partial charge on any atom is 0.307 e. The number of aliphatic carboxylic acids is 1. The van der Waals surface area contributed by atoms with Crippen molar-refractivity contribution in [2.75, 3.05) is 5.32 Å². The van der Waals surface area contributed by atoms with Crippen molar-refractivity contribution in [3.8, 4) is 0 Å². The van der Waals surface area contributed by atoms with Crippen LogP contribution in [0.3, 0.4) is 0 Å². The summed E-state index contributed by atoms with van der Waals surface area (Å²) in [4.78, 5) is 24.0. The quantitative estimate of drug-likeness (QED) is 0.358. The van der Waals surface area contributed by atoms with Gasteiger partial charge in [0.2, 0.25) is 0 Å². The van der Waals surface area contributed by atoms with Crippen molar-refractivity contribution in [1.29, 1.82) is 0 Å². The Kier molecular flexibility index (Phi) is 7.90. The minimum Gasteiger partial charge on any atom is -0.481 e. The number of carboxylic acid groups (broad SMARTS) is 1. The van der Waals surface area contributed by atoms with Crippen LogP contribution in [0.4, 0.5) is 10.1 Å². The van der Waals surface area contributed by atoms with Crippen molar-refractivity contribution < 1.29 is 19.1 Å². The topological polar surface area (TPSA) is 66.4 Å². The minimum absolute atomic E-state index is 0.109. The minimum atomic E-state index is -1.15. The fourth-order valence-corrected chi connectivity index (χ4v) is 4.05. The van der Waals surface area contributed by atoms with Crippen LogP contribution in [-0.4, -0.2) is 17.0 Å². The molecule has 0 saturated heterocycles. The highest BCUT2D eigenvalue weighted by Crippen LogP contribution is 2.34. The number of nitrogens with one attached hydrogen (secondary N) is 1. The lowest BCUT2D eigenvalue weighted by molar-refractivity contribution is -0.136. The largest absolute Gasteiger partial charge is 0.481 e. The Labute approximate surface area is 201 Å². The molecule has 33 heavy (non-hydrogen) atoms. The van der Waals surface area contributed by atoms with Crippen molar-refractivity contribution in [2.45, 2.75) is 26.7 Å². The molecule has 0 spiro atoms. The number of anilines is 1. The van der Waals surface area contributed by atoms with Gasteiger partial charge < -0.3 is 10.4 Å². The standard InChI is InChI=1S/C26H22Cl2FNO3/c1-15-11-18(10-6-9-17-7-4-3-5-8-17)12-16(2)22(15)26(33)30-20-13-19(14-21(31)32)23(27)24(28)25(20)29/h3-8,10-13H,9,14H2,1-2H3,(H,30,33)(H,31,32)/b10-6+. The lowest BCUT2D eigenvalue weighted by Crippen LogP contribution is -2.17. The summed E-state index contributed by atoms with van der Waals surface area (Å²) in [5.74, 6) is -2.59. The fraction of sp³-hybridized carbons (Fsp3) is 0.154. The molecule has 0 bridgehead atoms. The van der Waals surface area contributed by atoms with Crippen LogP contribution in [-0.2, 0) is 17.6 Å². The van der Waals surface area contributed by atoms with Crippen LogP contribution < -0.4 is 5.32 Å². The fourth-order valence-electron chi connectivity index (χ4n) is 3.62. The normalized spacial score (nSPS) is 11.1. The molecule has 3 aromatic rings. The summed E-state index contributed by atoms with van der Waals surface area (Å²) in [5.41, 5.74) is 3.87. The third-order valence-corrected chi connectivity index (χ3v) is 5.98. The van der Waals surface area contributed by atoms with Crippen molar-refractivity contribution >= 4 is 46.8 Å². The van der Waals surface area contributed by atoms with E-state index in [2.05, 4.69) is 23.5 Å². The van der Waals surface area contributed by atoms with Crippen LogP contribution in [0.2, 0.25) is 10.0 Å². The van der Waals surface area contributed by atoms with Crippen LogP contribution in [0, 0.1) is 19.7 Å². The maximum atomic E-state index is 14.6. The van der Waals surface area contributed by atoms with Crippen molar-refractivity contribution in [1.82, 2.24) is 0 Å². The number of allylic oxidation sites excluding steroid dienone is 1. The zero-order chi connectivity index (χ0) is 24.1. The van der Waals surface area contributed by atoms with Crippen LogP contribution >= 0.6 is 23.2 Å². The Morgan fingerprint density at radius 1 is 1.03 bits per heavy atom. The van der Waals surface area contributed by atoms with Crippen LogP contribution in [0.25, 0.3) is 6.08 Å². The molecule has 0 saturated carbocycles. The van der Waals surface area contributed by atoms with E-state index in [1.807, 2.05) is 36.4 Å². The van der Waals surface area contributed by atoms with Gasteiger partial charge in [0, 0.05) is 5.56 Å². The molecular formula is C26H22Cl2FNO3. The van der Waals surface area contributed by atoms with Gasteiger partial charge in [-0.1, -0.05) is 77.8 Å². The second-order valence-corrected chi connectivity index (χ2v) is 8.43. The summed E-state index contributed by atoms with van der Waals surface area (Å²) in [6.45, 7) is 3.61. The molecule has 170 valence electrons. The van der Waals surface area contributed by atoms with Crippen LogP contribution in [0.1, 0.15) is 38.2 Å². The molecule has 0 aliphatic rings. The molecule has 3 aromatic carbocycles. The van der Waals surface area contributed by atoms with E-state index in [0.717, 1.165) is 23.1 Å². The van der Waals surface area contributed by atoms with E-state index >= 15 is 0 Å². The van der Waals surface area contributed by atoms with Crippen molar-refractivity contribution in [3.05, 3.63) is 104 Å². The molecule has 0 aromatic heterocycles. The van der Waals surface area contributed by atoms with E-state index in [1.54, 1.807) is 13.8 Å². The Balaban J connectivity index is 1.83. The molecule has 0 radical (unpaired) electrons. The number of hydrogen-bond acceptors (Lipinski definition) is 2. The van der Waals surface area contributed by atoms with E-state index in [-0.39, 0.29) is 16.3 Å². The van der Waals surface area contributed by atoms with Gasteiger partial charge in [0.25, 0.3) is 5.91 Å². The summed E-state index contributed by atoms with van der Waals surface area (Å²) in [5, 5.41) is 10.9. The molecule has 4 nitrogen and oxygen atoms in total. The molecule has 0 aliphatic heterocycles. The predicted octanol–water partition coefficient (Wildman–Crippen LogP) is 6.88. The number of carbonyl (C=O) groups excluding carboxylic acids is 1. The highest BCUT2D eigenvalue weighted by molar-refractivity contribution is 6.43.